The van der Waals surface area contributed by atoms with Gasteiger partial charge in [-0.05, 0) is 70.7 Å². The molecule has 0 spiro atoms. The fourth-order valence-corrected chi connectivity index (χ4v) is 6.31. The predicted molar refractivity (Wildman–Crippen MR) is 202 cm³/mol. The SMILES string of the molecule is [2H]c1c(-c2ccc(-c3ccccc3)cc2)c([2H])c2c(oc3c([2H])c(-c4nc(-c5ccccc5)nc(-c5ccc6oc7ccccc7c6c5)n4)c([2H])c([2H])c32)c1[2H]. The van der Waals surface area contributed by atoms with Crippen LogP contribution in [0.1, 0.15) is 8.22 Å². The van der Waals surface area contributed by atoms with E-state index >= 15 is 0 Å². The van der Waals surface area contributed by atoms with Gasteiger partial charge in [0.15, 0.2) is 17.5 Å². The van der Waals surface area contributed by atoms with E-state index in [1.54, 1.807) is 0 Å². The molecule has 10 aromatic rings. The lowest BCUT2D eigenvalue weighted by Crippen LogP contribution is -2.00. The summed E-state index contributed by atoms with van der Waals surface area (Å²) in [5, 5.41) is 1.96. The van der Waals surface area contributed by atoms with Gasteiger partial charge in [0.05, 0.1) is 8.22 Å². The Balaban J connectivity index is 1.17. The van der Waals surface area contributed by atoms with Gasteiger partial charge in [-0.15, -0.1) is 0 Å². The van der Waals surface area contributed by atoms with Crippen LogP contribution in [0.5, 0.6) is 0 Å². The van der Waals surface area contributed by atoms with Gasteiger partial charge in [-0.25, -0.2) is 15.0 Å². The third-order valence-electron chi connectivity index (χ3n) is 8.82. The number of benzene rings is 7. The highest BCUT2D eigenvalue weighted by molar-refractivity contribution is 6.08. The van der Waals surface area contributed by atoms with Crippen molar-refractivity contribution in [3.63, 3.8) is 0 Å². The van der Waals surface area contributed by atoms with E-state index in [9.17, 15) is 5.48 Å². The summed E-state index contributed by atoms with van der Waals surface area (Å²) < 4.78 is 67.4. The minimum Gasteiger partial charge on any atom is -0.456 e. The van der Waals surface area contributed by atoms with Crippen LogP contribution in [0.4, 0.5) is 0 Å². The first-order chi connectivity index (χ1) is 27.3. The molecule has 3 heterocycles. The first-order valence-corrected chi connectivity index (χ1v) is 16.1. The van der Waals surface area contributed by atoms with Gasteiger partial charge >= 0.3 is 0 Å². The van der Waals surface area contributed by atoms with Crippen LogP contribution in [0.3, 0.4) is 0 Å². The summed E-state index contributed by atoms with van der Waals surface area (Å²) in [7, 11) is 0. The molecule has 7 aromatic carbocycles. The fraction of sp³-hybridized carbons (Fsp3) is 0. The van der Waals surface area contributed by atoms with E-state index in [1.807, 2.05) is 127 Å². The van der Waals surface area contributed by atoms with Gasteiger partial charge in [-0.3, -0.25) is 0 Å². The highest BCUT2D eigenvalue weighted by atomic mass is 16.3. The van der Waals surface area contributed by atoms with Crippen LogP contribution in [-0.2, 0) is 0 Å². The molecule has 0 unspecified atom stereocenters. The third-order valence-corrected chi connectivity index (χ3v) is 8.82. The normalized spacial score (nSPS) is 13.3. The lowest BCUT2D eigenvalue weighted by molar-refractivity contribution is 0.668. The van der Waals surface area contributed by atoms with E-state index in [-0.39, 0.29) is 75.1 Å². The summed E-state index contributed by atoms with van der Waals surface area (Å²) in [5.74, 6) is 0.593. The van der Waals surface area contributed by atoms with Crippen molar-refractivity contribution in [3.8, 4) is 56.4 Å². The summed E-state index contributed by atoms with van der Waals surface area (Å²) in [6, 6.07) is 38.4. The second-order valence-electron chi connectivity index (χ2n) is 11.9. The average Bonchev–Trinajstić information content (AvgIpc) is 3.83. The number of furan rings is 2. The van der Waals surface area contributed by atoms with Crippen LogP contribution in [0.25, 0.3) is 100 Å². The molecule has 234 valence electrons. The largest absolute Gasteiger partial charge is 0.456 e. The predicted octanol–water partition coefficient (Wildman–Crippen LogP) is 12.0. The number of hydrogen-bond acceptors (Lipinski definition) is 5. The molecule has 0 aliphatic carbocycles. The number of hydrogen-bond donors (Lipinski definition) is 0. The average molecular weight is 648 g/mol. The van der Waals surface area contributed by atoms with Crippen molar-refractivity contribution in [2.75, 3.05) is 0 Å². The second-order valence-corrected chi connectivity index (χ2v) is 11.9. The Kier molecular flexibility index (Phi) is 5.17. The molecule has 0 amide bonds. The van der Waals surface area contributed by atoms with Crippen molar-refractivity contribution in [1.29, 1.82) is 0 Å². The van der Waals surface area contributed by atoms with E-state index in [4.69, 9.17) is 26.5 Å². The first kappa shape index (κ1) is 22.7. The summed E-state index contributed by atoms with van der Waals surface area (Å²) in [5.41, 5.74) is 5.27. The molecular weight excluding hydrogens is 615 g/mol. The van der Waals surface area contributed by atoms with Crippen LogP contribution in [0, 0.1) is 0 Å². The van der Waals surface area contributed by atoms with Gasteiger partial charge in [-0.2, -0.15) is 0 Å². The molecule has 0 bridgehead atoms. The van der Waals surface area contributed by atoms with Gasteiger partial charge in [0.1, 0.15) is 22.3 Å². The third kappa shape index (κ3) is 4.83. The maximum absolute atomic E-state index is 9.41. The zero-order valence-electron chi connectivity index (χ0n) is 32.3. The van der Waals surface area contributed by atoms with Gasteiger partial charge in [0.25, 0.3) is 0 Å². The molecule has 0 saturated heterocycles. The van der Waals surface area contributed by atoms with Crippen LogP contribution >= 0.6 is 0 Å². The maximum atomic E-state index is 9.41. The van der Waals surface area contributed by atoms with Crippen molar-refractivity contribution in [1.82, 2.24) is 15.0 Å². The summed E-state index contributed by atoms with van der Waals surface area (Å²) in [6.07, 6.45) is 0. The smallest absolute Gasteiger partial charge is 0.164 e. The van der Waals surface area contributed by atoms with Crippen LogP contribution in [0.15, 0.2) is 172 Å². The van der Waals surface area contributed by atoms with E-state index in [0.29, 0.717) is 33.9 Å². The van der Waals surface area contributed by atoms with Gasteiger partial charge < -0.3 is 8.83 Å². The Morgan fingerprint density at radius 2 is 0.900 bits per heavy atom. The molecule has 10 rings (SSSR count). The summed E-state index contributed by atoms with van der Waals surface area (Å²) >= 11 is 0. The van der Waals surface area contributed by atoms with Crippen LogP contribution in [0.2, 0.25) is 0 Å². The molecule has 0 aliphatic heterocycles. The molecule has 5 nitrogen and oxygen atoms in total. The van der Waals surface area contributed by atoms with E-state index in [1.165, 1.54) is 0 Å². The van der Waals surface area contributed by atoms with Crippen molar-refractivity contribution in [3.05, 3.63) is 164 Å². The van der Waals surface area contributed by atoms with Gasteiger partial charge in [-0.1, -0.05) is 115 Å². The Labute approximate surface area is 295 Å². The number of rotatable bonds is 5. The van der Waals surface area contributed by atoms with Crippen LogP contribution < -0.4 is 0 Å². The highest BCUT2D eigenvalue weighted by Crippen LogP contribution is 2.36. The molecule has 0 saturated carbocycles. The topological polar surface area (TPSA) is 65.0 Å². The van der Waals surface area contributed by atoms with E-state index < -0.39 is 0 Å². The van der Waals surface area contributed by atoms with Gasteiger partial charge in [0, 0.05) is 38.2 Å². The number of para-hydroxylation sites is 1. The zero-order chi connectivity index (χ0) is 38.2. The van der Waals surface area contributed by atoms with Crippen molar-refractivity contribution >= 4 is 43.9 Å². The molecule has 0 radical (unpaired) electrons. The zero-order valence-corrected chi connectivity index (χ0v) is 26.3. The Hall–Kier alpha value is -6.85. The molecule has 0 N–H and O–H groups in total. The highest BCUT2D eigenvalue weighted by Gasteiger charge is 2.16. The Bertz CT molecular complexity index is 3200. The molecule has 0 aliphatic rings. The Morgan fingerprint density at radius 3 is 1.68 bits per heavy atom. The quantitative estimate of drug-likeness (QED) is 0.186. The van der Waals surface area contributed by atoms with Crippen LogP contribution in [-0.4, -0.2) is 15.0 Å². The van der Waals surface area contributed by atoms with E-state index in [0.717, 1.165) is 27.5 Å². The second kappa shape index (κ2) is 11.4. The fourth-order valence-electron chi connectivity index (χ4n) is 6.31. The lowest BCUT2D eigenvalue weighted by atomic mass is 9.99. The monoisotopic (exact) mass is 647 g/mol. The maximum Gasteiger partial charge on any atom is 0.164 e. The molecular formula is C45H27N3O2. The minimum atomic E-state index is -0.340. The molecule has 0 atom stereocenters. The van der Waals surface area contributed by atoms with Gasteiger partial charge in [0.2, 0.25) is 0 Å². The van der Waals surface area contributed by atoms with Crippen molar-refractivity contribution < 1.29 is 17.1 Å². The summed E-state index contributed by atoms with van der Waals surface area (Å²) in [4.78, 5) is 14.4. The lowest BCUT2D eigenvalue weighted by Gasteiger charge is -2.08. The number of aromatic nitrogens is 3. The summed E-state index contributed by atoms with van der Waals surface area (Å²) in [6.45, 7) is 0. The number of nitrogens with zero attached hydrogens (tertiary/aromatic N) is 3. The molecule has 3 aromatic heterocycles. The standard InChI is InChI=1S/C45H27N3O2/c1-3-9-28(10-4-1)29-15-17-30(18-16-29)32-20-23-41-37(25-32)36-22-19-34(27-42(36)50-41)45-47-43(31-11-5-2-6-12-31)46-44(48-45)33-21-24-40-38(26-33)35-13-7-8-14-39(35)49-40/h1-27H/i19D,20D,22D,23D,25D,27D. The van der Waals surface area contributed by atoms with Crippen molar-refractivity contribution in [2.45, 2.75) is 0 Å². The number of fused-ring (bicyclic) bond motifs is 6. The molecule has 0 fully saturated rings. The first-order valence-electron chi connectivity index (χ1n) is 19.1. The molecule has 50 heavy (non-hydrogen) atoms. The van der Waals surface area contributed by atoms with E-state index in [2.05, 4.69) is 0 Å². The minimum absolute atomic E-state index is 0.00516. The van der Waals surface area contributed by atoms with Crippen molar-refractivity contribution in [2.24, 2.45) is 0 Å². The molecule has 5 heteroatoms. The Morgan fingerprint density at radius 1 is 0.340 bits per heavy atom.